The van der Waals surface area contributed by atoms with Gasteiger partial charge in [-0.2, -0.15) is 0 Å². The van der Waals surface area contributed by atoms with Gasteiger partial charge in [-0.15, -0.1) is 0 Å². The molecule has 0 aromatic rings. The highest BCUT2D eigenvalue weighted by molar-refractivity contribution is 5.86. The summed E-state index contributed by atoms with van der Waals surface area (Å²) in [5, 5.41) is 30.5. The number of aldehydes is 1. The second-order valence-corrected chi connectivity index (χ2v) is 22.0. The molecular formula is C48H78O6. The van der Waals surface area contributed by atoms with E-state index < -0.39 is 0 Å². The molecule has 0 heterocycles. The van der Waals surface area contributed by atoms with E-state index in [1.54, 1.807) is 0 Å². The van der Waals surface area contributed by atoms with Gasteiger partial charge >= 0.3 is 0 Å². The van der Waals surface area contributed by atoms with Gasteiger partial charge in [-0.1, -0.05) is 55.4 Å². The van der Waals surface area contributed by atoms with Gasteiger partial charge in [-0.25, -0.2) is 0 Å². The first kappa shape index (κ1) is 41.1. The molecule has 6 nitrogen and oxygen atoms in total. The van der Waals surface area contributed by atoms with Crippen LogP contribution < -0.4 is 0 Å². The molecule has 8 aliphatic carbocycles. The number of aliphatic hydroxyl groups excluding tert-OH is 3. The number of fused-ring (bicyclic) bond motifs is 10. The molecule has 3 N–H and O–H groups in total. The monoisotopic (exact) mass is 751 g/mol. The number of Topliss-reactive ketones (excluding diaryl/α,β-unsaturated/α-hetero) is 2. The van der Waals surface area contributed by atoms with Gasteiger partial charge in [-0.3, -0.25) is 9.59 Å². The number of rotatable bonds is 6. The Labute approximate surface area is 328 Å². The van der Waals surface area contributed by atoms with Crippen molar-refractivity contribution in [2.75, 3.05) is 6.61 Å². The maximum atomic E-state index is 13.8. The Hall–Kier alpha value is -1.11. The average molecular weight is 751 g/mol. The summed E-state index contributed by atoms with van der Waals surface area (Å²) in [5.74, 6) is 5.82. The summed E-state index contributed by atoms with van der Waals surface area (Å²) < 4.78 is 0. The highest BCUT2D eigenvalue weighted by Gasteiger charge is 2.67. The molecule has 0 saturated heterocycles. The summed E-state index contributed by atoms with van der Waals surface area (Å²) >= 11 is 0. The van der Waals surface area contributed by atoms with Gasteiger partial charge in [0.15, 0.2) is 0 Å². The molecule has 8 rings (SSSR count). The molecule has 8 aliphatic rings. The predicted molar refractivity (Wildman–Crippen MR) is 213 cm³/mol. The fraction of sp³-hybridized carbons (Fsp3) is 0.938. The van der Waals surface area contributed by atoms with Gasteiger partial charge in [0.25, 0.3) is 0 Å². The van der Waals surface area contributed by atoms with E-state index in [4.69, 9.17) is 0 Å². The predicted octanol–water partition coefficient (Wildman–Crippen LogP) is 9.11. The largest absolute Gasteiger partial charge is 0.396 e. The Morgan fingerprint density at radius 3 is 1.39 bits per heavy atom. The number of ketones is 2. The van der Waals surface area contributed by atoms with Crippen molar-refractivity contribution >= 4 is 17.9 Å². The molecule has 6 heteroatoms. The second-order valence-electron chi connectivity index (χ2n) is 22.0. The summed E-state index contributed by atoms with van der Waals surface area (Å²) in [6, 6.07) is 0. The van der Waals surface area contributed by atoms with Gasteiger partial charge in [0.1, 0.15) is 17.9 Å². The number of aliphatic hydroxyl groups is 3. The van der Waals surface area contributed by atoms with Crippen LogP contribution in [0.3, 0.4) is 0 Å². The molecule has 306 valence electrons. The molecule has 54 heavy (non-hydrogen) atoms. The van der Waals surface area contributed by atoms with Crippen molar-refractivity contribution in [3.63, 3.8) is 0 Å². The zero-order valence-corrected chi connectivity index (χ0v) is 35.4. The molecule has 0 amide bonds. The first-order chi connectivity index (χ1) is 25.5. The van der Waals surface area contributed by atoms with E-state index in [-0.39, 0.29) is 70.1 Å². The van der Waals surface area contributed by atoms with Crippen molar-refractivity contribution in [3.8, 4) is 0 Å². The van der Waals surface area contributed by atoms with Crippen molar-refractivity contribution in [2.24, 2.45) is 105 Å². The van der Waals surface area contributed by atoms with Crippen LogP contribution in [0.1, 0.15) is 158 Å². The van der Waals surface area contributed by atoms with E-state index in [1.165, 1.54) is 12.8 Å². The smallest absolute Gasteiger partial charge is 0.139 e. The van der Waals surface area contributed by atoms with Crippen molar-refractivity contribution in [2.45, 2.75) is 170 Å². The maximum Gasteiger partial charge on any atom is 0.139 e. The third kappa shape index (κ3) is 6.03. The molecule has 8 saturated carbocycles. The topological polar surface area (TPSA) is 112 Å². The summed E-state index contributed by atoms with van der Waals surface area (Å²) in [5.41, 5.74) is 0.788. The Morgan fingerprint density at radius 1 is 0.593 bits per heavy atom. The number of carbonyl (C=O) groups is 3. The minimum Gasteiger partial charge on any atom is -0.396 e. The molecule has 0 aliphatic heterocycles. The standard InChI is InChI=1S/C24H40O3.C24H38O3/c2*1-5-16-20-12-15(26)8-10-24(20,4)19-9-11-23(3)17(14(2)13-25)6-7-18(23)21(19)22(16)27/h14-21,25-26H,5-13H2,1-4H3;13-21,26H,5-12H2,1-4H3/t2*14-,15-,16-,17-,18?,19?,20+,21?,23-,24-/m11/s1. The third-order valence-electron chi connectivity index (χ3n) is 20.2. The van der Waals surface area contributed by atoms with Gasteiger partial charge in [-0.05, 0) is 178 Å². The van der Waals surface area contributed by atoms with Gasteiger partial charge in [0.2, 0.25) is 0 Å². The summed E-state index contributed by atoms with van der Waals surface area (Å²) in [4.78, 5) is 39.1. The first-order valence-electron chi connectivity index (χ1n) is 23.0. The highest BCUT2D eigenvalue weighted by Crippen LogP contribution is 2.70. The third-order valence-corrected chi connectivity index (χ3v) is 20.2. The highest BCUT2D eigenvalue weighted by atomic mass is 16.3. The zero-order valence-electron chi connectivity index (χ0n) is 35.4. The average Bonchev–Trinajstić information content (AvgIpc) is 3.69. The van der Waals surface area contributed by atoms with E-state index in [1.807, 2.05) is 0 Å². The molecule has 20 atom stereocenters. The molecule has 0 radical (unpaired) electrons. The van der Waals surface area contributed by atoms with Crippen molar-refractivity contribution < 1.29 is 29.7 Å². The van der Waals surface area contributed by atoms with Crippen LogP contribution in [0, 0.1) is 105 Å². The minimum atomic E-state index is -0.223. The molecule has 6 unspecified atom stereocenters. The fourth-order valence-corrected chi connectivity index (χ4v) is 17.4. The maximum absolute atomic E-state index is 13.8. The molecule has 0 aromatic carbocycles. The van der Waals surface area contributed by atoms with Gasteiger partial charge in [0.05, 0.1) is 12.2 Å². The lowest BCUT2D eigenvalue weighted by Crippen LogP contribution is -2.60. The van der Waals surface area contributed by atoms with Gasteiger partial charge < -0.3 is 20.1 Å². The Kier molecular flexibility index (Phi) is 11.3. The molecule has 0 bridgehead atoms. The van der Waals surface area contributed by atoms with Gasteiger partial charge in [0, 0.05) is 36.2 Å². The molecular weight excluding hydrogens is 673 g/mol. The minimum absolute atomic E-state index is 0.102. The molecule has 0 aromatic heterocycles. The van der Waals surface area contributed by atoms with Crippen LogP contribution in [0.5, 0.6) is 0 Å². The number of hydrogen-bond donors (Lipinski definition) is 3. The fourth-order valence-electron chi connectivity index (χ4n) is 17.4. The van der Waals surface area contributed by atoms with Crippen LogP contribution in [-0.4, -0.2) is 52.0 Å². The normalized spacial score (nSPS) is 53.3. The molecule has 0 spiro atoms. The van der Waals surface area contributed by atoms with E-state index in [9.17, 15) is 29.7 Å². The number of carbonyl (C=O) groups excluding carboxylic acids is 3. The van der Waals surface area contributed by atoms with Crippen LogP contribution >= 0.6 is 0 Å². The summed E-state index contributed by atoms with van der Waals surface area (Å²) in [6.07, 6.45) is 17.4. The summed E-state index contributed by atoms with van der Waals surface area (Å²) in [6.45, 7) is 18.6. The summed E-state index contributed by atoms with van der Waals surface area (Å²) in [7, 11) is 0. The van der Waals surface area contributed by atoms with Crippen LogP contribution in [0.4, 0.5) is 0 Å². The number of hydrogen-bond acceptors (Lipinski definition) is 6. The van der Waals surface area contributed by atoms with E-state index in [0.29, 0.717) is 64.8 Å². The van der Waals surface area contributed by atoms with E-state index in [2.05, 4.69) is 55.4 Å². The van der Waals surface area contributed by atoms with Crippen LogP contribution in [0.25, 0.3) is 0 Å². The molecule has 8 fully saturated rings. The van der Waals surface area contributed by atoms with Crippen LogP contribution in [-0.2, 0) is 14.4 Å². The zero-order chi connectivity index (χ0) is 39.1. The lowest BCUT2D eigenvalue weighted by atomic mass is 9.42. The lowest BCUT2D eigenvalue weighted by molar-refractivity contribution is -0.173. The van der Waals surface area contributed by atoms with Crippen molar-refractivity contribution in [1.29, 1.82) is 0 Å². The van der Waals surface area contributed by atoms with E-state index >= 15 is 0 Å². The van der Waals surface area contributed by atoms with E-state index in [0.717, 1.165) is 96.2 Å². The SMILES string of the molecule is CC[C@H]1C(=O)C2C3CC[C@H]([C@H](C)C=O)[C@@]3(C)CCC2[C@@]2(C)CC[C@@H](O)C[C@@H]12.CC[C@H]1C(=O)C2C3CC[C@H]([C@H](C)CO)[C@@]3(C)CCC2[C@@]2(C)CC[C@@H](O)C[C@@H]12. The Balaban J connectivity index is 0.000000167. The van der Waals surface area contributed by atoms with Crippen molar-refractivity contribution in [3.05, 3.63) is 0 Å². The lowest BCUT2D eigenvalue weighted by Gasteiger charge is -2.62. The van der Waals surface area contributed by atoms with Crippen molar-refractivity contribution in [1.82, 2.24) is 0 Å². The first-order valence-corrected chi connectivity index (χ1v) is 23.0. The second kappa shape index (κ2) is 14.9. The van der Waals surface area contributed by atoms with Crippen LogP contribution in [0.2, 0.25) is 0 Å². The Morgan fingerprint density at radius 2 is 0.981 bits per heavy atom. The quantitative estimate of drug-likeness (QED) is 0.234. The Bertz CT molecular complexity index is 1410. The van der Waals surface area contributed by atoms with Crippen LogP contribution in [0.15, 0.2) is 0 Å².